The van der Waals surface area contributed by atoms with E-state index in [0.29, 0.717) is 6.04 Å². The average molecular weight is 273 g/mol. The molecule has 3 atom stereocenters. The fourth-order valence-electron chi connectivity index (χ4n) is 3.65. The first-order valence-corrected chi connectivity index (χ1v) is 8.19. The van der Waals surface area contributed by atoms with Crippen molar-refractivity contribution in [3.8, 4) is 0 Å². The Morgan fingerprint density at radius 3 is 2.25 bits per heavy atom. The van der Waals surface area contributed by atoms with Crippen molar-refractivity contribution in [3.05, 3.63) is 35.4 Å². The third kappa shape index (κ3) is 3.63. The molecule has 0 bridgehead atoms. The van der Waals surface area contributed by atoms with E-state index in [1.807, 2.05) is 0 Å². The first-order chi connectivity index (χ1) is 9.41. The zero-order chi connectivity index (χ0) is 14.8. The Labute approximate surface area is 125 Å². The van der Waals surface area contributed by atoms with Crippen LogP contribution in [-0.4, -0.2) is 7.05 Å². The van der Waals surface area contributed by atoms with Crippen molar-refractivity contribution in [2.24, 2.45) is 11.8 Å². The first-order valence-electron chi connectivity index (χ1n) is 8.19. The highest BCUT2D eigenvalue weighted by Crippen LogP contribution is 2.37. The summed E-state index contributed by atoms with van der Waals surface area (Å²) in [5.74, 6) is 1.68. The quantitative estimate of drug-likeness (QED) is 0.810. The van der Waals surface area contributed by atoms with Crippen molar-refractivity contribution < 1.29 is 0 Å². The molecule has 1 aromatic rings. The summed E-state index contributed by atoms with van der Waals surface area (Å²) in [6.45, 7) is 9.24. The van der Waals surface area contributed by atoms with Gasteiger partial charge in [-0.1, -0.05) is 64.8 Å². The van der Waals surface area contributed by atoms with Gasteiger partial charge < -0.3 is 5.32 Å². The van der Waals surface area contributed by atoms with Gasteiger partial charge in [0, 0.05) is 6.04 Å². The van der Waals surface area contributed by atoms with Crippen LogP contribution >= 0.6 is 0 Å². The Kier molecular flexibility index (Phi) is 4.90. The van der Waals surface area contributed by atoms with Crippen LogP contribution < -0.4 is 5.32 Å². The largest absolute Gasteiger partial charge is 0.313 e. The van der Waals surface area contributed by atoms with Crippen LogP contribution in [0.5, 0.6) is 0 Å². The molecule has 1 aliphatic rings. The molecule has 1 aromatic carbocycles. The van der Waals surface area contributed by atoms with Crippen molar-refractivity contribution in [2.75, 3.05) is 7.05 Å². The lowest BCUT2D eigenvalue weighted by Crippen LogP contribution is -2.29. The molecular formula is C19H31N. The van der Waals surface area contributed by atoms with Gasteiger partial charge in [0.05, 0.1) is 0 Å². The van der Waals surface area contributed by atoms with Gasteiger partial charge in [0.2, 0.25) is 0 Å². The van der Waals surface area contributed by atoms with Gasteiger partial charge in [-0.25, -0.2) is 0 Å². The number of rotatable bonds is 3. The summed E-state index contributed by atoms with van der Waals surface area (Å²) in [7, 11) is 2.11. The van der Waals surface area contributed by atoms with Gasteiger partial charge >= 0.3 is 0 Å². The lowest BCUT2D eigenvalue weighted by Gasteiger charge is -2.33. The lowest BCUT2D eigenvalue weighted by molar-refractivity contribution is 0.230. The topological polar surface area (TPSA) is 12.0 Å². The summed E-state index contributed by atoms with van der Waals surface area (Å²) in [6, 6.07) is 9.81. The van der Waals surface area contributed by atoms with E-state index in [9.17, 15) is 0 Å². The van der Waals surface area contributed by atoms with E-state index < -0.39 is 0 Å². The molecule has 0 heterocycles. The predicted molar refractivity (Wildman–Crippen MR) is 88.1 cm³/mol. The molecule has 1 aliphatic carbocycles. The van der Waals surface area contributed by atoms with Crippen molar-refractivity contribution in [3.63, 3.8) is 0 Å². The summed E-state index contributed by atoms with van der Waals surface area (Å²) < 4.78 is 0. The minimum Gasteiger partial charge on any atom is -0.313 e. The number of hydrogen-bond donors (Lipinski definition) is 1. The maximum Gasteiger partial charge on any atom is 0.0346 e. The maximum atomic E-state index is 3.57. The summed E-state index contributed by atoms with van der Waals surface area (Å²) >= 11 is 0. The highest BCUT2D eigenvalue weighted by molar-refractivity contribution is 5.29. The third-order valence-corrected chi connectivity index (χ3v) is 4.90. The van der Waals surface area contributed by atoms with Crippen molar-refractivity contribution in [1.29, 1.82) is 0 Å². The second kappa shape index (κ2) is 6.30. The Morgan fingerprint density at radius 2 is 1.75 bits per heavy atom. The van der Waals surface area contributed by atoms with Crippen LogP contribution in [0.2, 0.25) is 0 Å². The monoisotopic (exact) mass is 273 g/mol. The number of hydrogen-bond acceptors (Lipinski definition) is 1. The highest BCUT2D eigenvalue weighted by atomic mass is 14.9. The summed E-state index contributed by atoms with van der Waals surface area (Å²) in [5, 5.41) is 3.57. The molecule has 112 valence electrons. The predicted octanol–water partition coefficient (Wildman–Crippen LogP) is 5.07. The Hall–Kier alpha value is -0.820. The van der Waals surface area contributed by atoms with Crippen LogP contribution in [0.1, 0.15) is 70.5 Å². The molecule has 1 nitrogen and oxygen atoms in total. The van der Waals surface area contributed by atoms with E-state index in [2.05, 4.69) is 64.3 Å². The van der Waals surface area contributed by atoms with Gasteiger partial charge in [0.15, 0.2) is 0 Å². The van der Waals surface area contributed by atoms with Gasteiger partial charge in [0.25, 0.3) is 0 Å². The summed E-state index contributed by atoms with van der Waals surface area (Å²) in [4.78, 5) is 0. The molecule has 20 heavy (non-hydrogen) atoms. The lowest BCUT2D eigenvalue weighted by atomic mass is 9.76. The minimum atomic E-state index is 0.243. The smallest absolute Gasteiger partial charge is 0.0346 e. The van der Waals surface area contributed by atoms with Crippen LogP contribution in [0.4, 0.5) is 0 Å². The van der Waals surface area contributed by atoms with E-state index in [4.69, 9.17) is 0 Å². The second-order valence-electron chi connectivity index (χ2n) is 7.67. The summed E-state index contributed by atoms with van der Waals surface area (Å²) in [6.07, 6.45) is 5.55. The Bertz CT molecular complexity index is 412. The fraction of sp³-hybridized carbons (Fsp3) is 0.684. The van der Waals surface area contributed by atoms with Crippen LogP contribution in [0, 0.1) is 11.8 Å². The van der Waals surface area contributed by atoms with Gasteiger partial charge in [-0.3, -0.25) is 0 Å². The first kappa shape index (κ1) is 15.6. The molecule has 1 heteroatoms. The SMILES string of the molecule is CNC(c1ccc(C(C)(C)C)cc1)C1CCCC(C)C1. The molecule has 0 radical (unpaired) electrons. The maximum absolute atomic E-state index is 3.57. The van der Waals surface area contributed by atoms with E-state index in [-0.39, 0.29) is 5.41 Å². The molecule has 2 rings (SSSR count). The molecule has 0 aliphatic heterocycles. The van der Waals surface area contributed by atoms with Crippen LogP contribution in [-0.2, 0) is 5.41 Å². The standard InChI is InChI=1S/C19H31N/c1-14-7-6-8-16(13-14)18(20-5)15-9-11-17(12-10-15)19(2,3)4/h9-12,14,16,18,20H,6-8,13H2,1-5H3. The van der Waals surface area contributed by atoms with Crippen LogP contribution in [0.3, 0.4) is 0 Å². The fourth-order valence-corrected chi connectivity index (χ4v) is 3.65. The normalized spacial score (nSPS) is 25.4. The van der Waals surface area contributed by atoms with Crippen molar-refractivity contribution >= 4 is 0 Å². The van der Waals surface area contributed by atoms with E-state index in [0.717, 1.165) is 11.8 Å². The minimum absolute atomic E-state index is 0.243. The van der Waals surface area contributed by atoms with E-state index in [1.165, 1.54) is 36.8 Å². The third-order valence-electron chi connectivity index (χ3n) is 4.90. The van der Waals surface area contributed by atoms with Crippen LogP contribution in [0.25, 0.3) is 0 Å². The Balaban J connectivity index is 2.15. The zero-order valence-electron chi connectivity index (χ0n) is 13.9. The molecule has 0 spiro atoms. The molecule has 1 N–H and O–H groups in total. The number of nitrogens with one attached hydrogen (secondary N) is 1. The zero-order valence-corrected chi connectivity index (χ0v) is 13.9. The Morgan fingerprint density at radius 1 is 1.10 bits per heavy atom. The molecule has 1 saturated carbocycles. The van der Waals surface area contributed by atoms with Gasteiger partial charge in [-0.15, -0.1) is 0 Å². The van der Waals surface area contributed by atoms with Crippen molar-refractivity contribution in [2.45, 2.75) is 64.8 Å². The van der Waals surface area contributed by atoms with E-state index in [1.54, 1.807) is 0 Å². The second-order valence-corrected chi connectivity index (χ2v) is 7.67. The summed E-state index contributed by atoms with van der Waals surface area (Å²) in [5.41, 5.74) is 3.13. The highest BCUT2D eigenvalue weighted by Gasteiger charge is 2.27. The molecule has 1 fully saturated rings. The van der Waals surface area contributed by atoms with Crippen LogP contribution in [0.15, 0.2) is 24.3 Å². The molecular weight excluding hydrogens is 242 g/mol. The average Bonchev–Trinajstić information content (AvgIpc) is 2.39. The molecule has 0 saturated heterocycles. The van der Waals surface area contributed by atoms with Gasteiger partial charge in [-0.2, -0.15) is 0 Å². The van der Waals surface area contributed by atoms with Gasteiger partial charge in [-0.05, 0) is 48.3 Å². The number of benzene rings is 1. The van der Waals surface area contributed by atoms with E-state index >= 15 is 0 Å². The van der Waals surface area contributed by atoms with Crippen molar-refractivity contribution in [1.82, 2.24) is 5.32 Å². The van der Waals surface area contributed by atoms with Gasteiger partial charge in [0.1, 0.15) is 0 Å². The molecule has 0 aromatic heterocycles. The molecule has 0 amide bonds. The molecule has 3 unspecified atom stereocenters.